The van der Waals surface area contributed by atoms with Crippen molar-refractivity contribution in [2.75, 3.05) is 40.4 Å². The molecule has 3 nitrogen and oxygen atoms in total. The lowest BCUT2D eigenvalue weighted by molar-refractivity contribution is 0.105. The van der Waals surface area contributed by atoms with E-state index in [9.17, 15) is 0 Å². The minimum atomic E-state index is 0.472. The third-order valence-corrected chi connectivity index (χ3v) is 2.53. The Bertz CT molecular complexity index is 151. The van der Waals surface area contributed by atoms with Crippen molar-refractivity contribution in [3.8, 4) is 0 Å². The third-order valence-electron chi connectivity index (χ3n) is 2.53. The molecule has 0 aliphatic heterocycles. The van der Waals surface area contributed by atoms with E-state index in [-0.39, 0.29) is 0 Å². The molecule has 0 amide bonds. The Morgan fingerprint density at radius 1 is 1.53 bits per heavy atom. The van der Waals surface area contributed by atoms with Crippen LogP contribution in [0.2, 0.25) is 0 Å². The van der Waals surface area contributed by atoms with E-state index in [1.807, 2.05) is 6.08 Å². The summed E-state index contributed by atoms with van der Waals surface area (Å²) in [5, 5.41) is 3.36. The maximum Gasteiger partial charge on any atom is 0.0630 e. The van der Waals surface area contributed by atoms with E-state index >= 15 is 0 Å². The number of hydrogen-bond donors (Lipinski definition) is 1. The molecule has 0 aromatic carbocycles. The van der Waals surface area contributed by atoms with Crippen molar-refractivity contribution in [1.82, 2.24) is 10.2 Å². The summed E-state index contributed by atoms with van der Waals surface area (Å²) < 4.78 is 5.23. The number of allylic oxidation sites excluding steroid dienone is 1. The number of hydrogen-bond acceptors (Lipinski definition) is 3. The molecule has 0 aliphatic carbocycles. The van der Waals surface area contributed by atoms with E-state index in [4.69, 9.17) is 4.74 Å². The normalized spacial score (nSPS) is 13.1. The van der Waals surface area contributed by atoms with Crippen molar-refractivity contribution >= 4 is 0 Å². The number of rotatable bonds is 10. The fourth-order valence-electron chi connectivity index (χ4n) is 1.51. The summed E-state index contributed by atoms with van der Waals surface area (Å²) >= 11 is 0. The maximum absolute atomic E-state index is 5.23. The summed E-state index contributed by atoms with van der Waals surface area (Å²) in [6.45, 7) is 9.76. The highest BCUT2D eigenvalue weighted by molar-refractivity contribution is 4.73. The molecule has 1 N–H and O–H groups in total. The largest absolute Gasteiger partial charge is 0.383 e. The molecule has 0 aliphatic rings. The van der Waals surface area contributed by atoms with Crippen LogP contribution in [-0.4, -0.2) is 51.3 Å². The second-order valence-corrected chi connectivity index (χ2v) is 3.83. The van der Waals surface area contributed by atoms with Crippen LogP contribution in [0, 0.1) is 0 Å². The first-order valence-corrected chi connectivity index (χ1v) is 5.77. The highest BCUT2D eigenvalue weighted by Gasteiger charge is 2.12. The molecule has 0 bridgehead atoms. The molecule has 0 radical (unpaired) electrons. The van der Waals surface area contributed by atoms with Gasteiger partial charge in [-0.25, -0.2) is 0 Å². The molecule has 1 unspecified atom stereocenters. The van der Waals surface area contributed by atoms with Crippen LogP contribution in [-0.2, 0) is 4.74 Å². The SMILES string of the molecule is C=CCCCN(C)C(CNCC)COC. The Balaban J connectivity index is 3.80. The van der Waals surface area contributed by atoms with Gasteiger partial charge in [-0.1, -0.05) is 13.0 Å². The minimum absolute atomic E-state index is 0.472. The van der Waals surface area contributed by atoms with Gasteiger partial charge in [-0.15, -0.1) is 6.58 Å². The highest BCUT2D eigenvalue weighted by Crippen LogP contribution is 2.00. The Morgan fingerprint density at radius 3 is 2.80 bits per heavy atom. The average Bonchev–Trinajstić information content (AvgIpc) is 2.24. The van der Waals surface area contributed by atoms with Gasteiger partial charge in [0, 0.05) is 19.7 Å². The van der Waals surface area contributed by atoms with Gasteiger partial charge >= 0.3 is 0 Å². The molecule has 0 spiro atoms. The number of nitrogens with zero attached hydrogens (tertiary/aromatic N) is 1. The predicted molar refractivity (Wildman–Crippen MR) is 66.3 cm³/mol. The Kier molecular flexibility index (Phi) is 9.89. The molecule has 1 atom stereocenters. The number of likely N-dealkylation sites (N-methyl/N-ethyl adjacent to an activating group) is 2. The van der Waals surface area contributed by atoms with Crippen LogP contribution >= 0.6 is 0 Å². The smallest absolute Gasteiger partial charge is 0.0630 e. The number of unbranched alkanes of at least 4 members (excludes halogenated alkanes) is 1. The van der Waals surface area contributed by atoms with Gasteiger partial charge in [-0.3, -0.25) is 4.90 Å². The van der Waals surface area contributed by atoms with Crippen molar-refractivity contribution < 1.29 is 4.74 Å². The monoisotopic (exact) mass is 214 g/mol. The standard InChI is InChI=1S/C12H26N2O/c1-5-7-8-9-14(3)12(11-15-4)10-13-6-2/h5,12-13H,1,6-11H2,2-4H3. The summed E-state index contributed by atoms with van der Waals surface area (Å²) in [5.74, 6) is 0. The second-order valence-electron chi connectivity index (χ2n) is 3.83. The van der Waals surface area contributed by atoms with Crippen LogP contribution in [0.3, 0.4) is 0 Å². The van der Waals surface area contributed by atoms with E-state index in [0.29, 0.717) is 6.04 Å². The molecule has 15 heavy (non-hydrogen) atoms. The maximum atomic E-state index is 5.23. The predicted octanol–water partition coefficient (Wildman–Crippen LogP) is 1.51. The summed E-state index contributed by atoms with van der Waals surface area (Å²) in [4.78, 5) is 2.36. The number of ether oxygens (including phenoxy) is 1. The van der Waals surface area contributed by atoms with E-state index in [1.165, 1.54) is 6.42 Å². The Labute approximate surface area is 94.5 Å². The van der Waals surface area contributed by atoms with Gasteiger partial charge in [0.25, 0.3) is 0 Å². The van der Waals surface area contributed by atoms with E-state index in [0.717, 1.165) is 32.7 Å². The first-order chi connectivity index (χ1) is 7.26. The van der Waals surface area contributed by atoms with Crippen LogP contribution < -0.4 is 5.32 Å². The molecular weight excluding hydrogens is 188 g/mol. The van der Waals surface area contributed by atoms with E-state index in [2.05, 4.69) is 30.8 Å². The first kappa shape index (κ1) is 14.6. The molecule has 0 rings (SSSR count). The van der Waals surface area contributed by atoms with E-state index < -0.39 is 0 Å². The van der Waals surface area contributed by atoms with Gasteiger partial charge in [-0.05, 0) is 33.0 Å². The fourth-order valence-corrected chi connectivity index (χ4v) is 1.51. The first-order valence-electron chi connectivity index (χ1n) is 5.77. The van der Waals surface area contributed by atoms with Crippen LogP contribution in [0.1, 0.15) is 19.8 Å². The van der Waals surface area contributed by atoms with Gasteiger partial charge in [0.05, 0.1) is 6.61 Å². The summed E-state index contributed by atoms with van der Waals surface area (Å²) in [6.07, 6.45) is 4.24. The van der Waals surface area contributed by atoms with Crippen molar-refractivity contribution in [1.29, 1.82) is 0 Å². The van der Waals surface area contributed by atoms with Crippen molar-refractivity contribution in [3.63, 3.8) is 0 Å². The Morgan fingerprint density at radius 2 is 2.27 bits per heavy atom. The van der Waals surface area contributed by atoms with Gasteiger partial charge < -0.3 is 10.1 Å². The van der Waals surface area contributed by atoms with Crippen molar-refractivity contribution in [2.45, 2.75) is 25.8 Å². The lowest BCUT2D eigenvalue weighted by Gasteiger charge is -2.27. The topological polar surface area (TPSA) is 24.5 Å². The van der Waals surface area contributed by atoms with Crippen molar-refractivity contribution in [2.24, 2.45) is 0 Å². The van der Waals surface area contributed by atoms with Crippen LogP contribution in [0.25, 0.3) is 0 Å². The molecule has 90 valence electrons. The molecule has 0 saturated carbocycles. The molecule has 0 aromatic heterocycles. The minimum Gasteiger partial charge on any atom is -0.383 e. The highest BCUT2D eigenvalue weighted by atomic mass is 16.5. The van der Waals surface area contributed by atoms with Gasteiger partial charge in [0.1, 0.15) is 0 Å². The van der Waals surface area contributed by atoms with Gasteiger partial charge in [0.2, 0.25) is 0 Å². The van der Waals surface area contributed by atoms with Crippen LogP contribution in [0.4, 0.5) is 0 Å². The molecule has 3 heteroatoms. The molecular formula is C12H26N2O. The van der Waals surface area contributed by atoms with E-state index in [1.54, 1.807) is 7.11 Å². The van der Waals surface area contributed by atoms with Crippen molar-refractivity contribution in [3.05, 3.63) is 12.7 Å². The van der Waals surface area contributed by atoms with Gasteiger partial charge in [-0.2, -0.15) is 0 Å². The Hall–Kier alpha value is -0.380. The molecule has 0 heterocycles. The van der Waals surface area contributed by atoms with Crippen LogP contribution in [0.5, 0.6) is 0 Å². The summed E-state index contributed by atoms with van der Waals surface area (Å²) in [7, 11) is 3.92. The quantitative estimate of drug-likeness (QED) is 0.441. The fraction of sp³-hybridized carbons (Fsp3) is 0.833. The van der Waals surface area contributed by atoms with Crippen LogP contribution in [0.15, 0.2) is 12.7 Å². The summed E-state index contributed by atoms with van der Waals surface area (Å²) in [6, 6.07) is 0.472. The lowest BCUT2D eigenvalue weighted by atomic mass is 10.2. The number of nitrogens with one attached hydrogen (secondary N) is 1. The lowest BCUT2D eigenvalue weighted by Crippen LogP contribution is -2.43. The van der Waals surface area contributed by atoms with Gasteiger partial charge in [0.15, 0.2) is 0 Å². The third kappa shape index (κ3) is 7.54. The summed E-state index contributed by atoms with van der Waals surface area (Å²) in [5.41, 5.74) is 0. The molecule has 0 aromatic rings. The zero-order chi connectivity index (χ0) is 11.5. The molecule has 0 fully saturated rings. The zero-order valence-corrected chi connectivity index (χ0v) is 10.5. The zero-order valence-electron chi connectivity index (χ0n) is 10.5. The second kappa shape index (κ2) is 10.1. The average molecular weight is 214 g/mol. The number of methoxy groups -OCH3 is 1. The molecule has 0 saturated heterocycles.